The molecule has 142 valence electrons. The molecule has 1 heterocycles. The summed E-state index contributed by atoms with van der Waals surface area (Å²) >= 11 is 0. The zero-order chi connectivity index (χ0) is 19.2. The number of anilines is 2. The monoisotopic (exact) mass is 367 g/mol. The quantitative estimate of drug-likeness (QED) is 0.853. The van der Waals surface area contributed by atoms with Crippen LogP contribution in [-0.4, -0.2) is 49.6 Å². The highest BCUT2D eigenvalue weighted by molar-refractivity contribution is 5.96. The Hall–Kier alpha value is -2.86. The highest BCUT2D eigenvalue weighted by atomic mass is 16.5. The molecule has 6 nitrogen and oxygen atoms in total. The first-order chi connectivity index (χ1) is 13.0. The molecule has 27 heavy (non-hydrogen) atoms. The van der Waals surface area contributed by atoms with Crippen LogP contribution in [0.4, 0.5) is 11.4 Å². The zero-order valence-electron chi connectivity index (χ0n) is 15.7. The van der Waals surface area contributed by atoms with E-state index < -0.39 is 0 Å². The first-order valence-corrected chi connectivity index (χ1v) is 9.11. The number of ether oxygens (including phenoxy) is 1. The lowest BCUT2D eigenvalue weighted by molar-refractivity contribution is -0.114. The number of amides is 2. The number of hydrogen-bond donors (Lipinski definition) is 2. The highest BCUT2D eigenvalue weighted by Gasteiger charge is 2.18. The summed E-state index contributed by atoms with van der Waals surface area (Å²) in [6.07, 6.45) is 0. The summed E-state index contributed by atoms with van der Waals surface area (Å²) in [7, 11) is 0. The molecule has 2 amide bonds. The molecule has 0 spiro atoms. The molecular formula is C21H25N3O3. The van der Waals surface area contributed by atoms with Crippen molar-refractivity contribution in [3.8, 4) is 0 Å². The maximum absolute atomic E-state index is 12.4. The summed E-state index contributed by atoms with van der Waals surface area (Å²) < 4.78 is 5.27. The van der Waals surface area contributed by atoms with Crippen molar-refractivity contribution in [1.82, 2.24) is 4.90 Å². The lowest BCUT2D eigenvalue weighted by Crippen LogP contribution is -2.40. The SMILES string of the molecule is Cc1cccc(C)c1NCC(=O)Nc1ccc(C(=O)N2CCOCC2)cc1. The average molecular weight is 367 g/mol. The fraction of sp³-hybridized carbons (Fsp3) is 0.333. The van der Waals surface area contributed by atoms with Crippen molar-refractivity contribution in [2.24, 2.45) is 0 Å². The molecule has 1 fully saturated rings. The second kappa shape index (κ2) is 8.68. The Kier molecular flexibility index (Phi) is 6.08. The van der Waals surface area contributed by atoms with Gasteiger partial charge in [0, 0.05) is 30.0 Å². The summed E-state index contributed by atoms with van der Waals surface area (Å²) in [6.45, 7) is 6.58. The predicted octanol–water partition coefficient (Wildman–Crippen LogP) is 2.83. The molecule has 0 radical (unpaired) electrons. The number of carbonyl (C=O) groups excluding carboxylic acids is 2. The minimum absolute atomic E-state index is 0.00660. The molecular weight excluding hydrogens is 342 g/mol. The number of rotatable bonds is 5. The van der Waals surface area contributed by atoms with E-state index in [9.17, 15) is 9.59 Å². The van der Waals surface area contributed by atoms with Crippen LogP contribution in [0.2, 0.25) is 0 Å². The molecule has 2 N–H and O–H groups in total. The number of aryl methyl sites for hydroxylation is 2. The highest BCUT2D eigenvalue weighted by Crippen LogP contribution is 2.19. The van der Waals surface area contributed by atoms with Crippen molar-refractivity contribution < 1.29 is 14.3 Å². The Labute approximate surface area is 159 Å². The van der Waals surface area contributed by atoms with Crippen LogP contribution in [0.3, 0.4) is 0 Å². The van der Waals surface area contributed by atoms with Crippen LogP contribution in [0.1, 0.15) is 21.5 Å². The van der Waals surface area contributed by atoms with Crippen LogP contribution < -0.4 is 10.6 Å². The molecule has 1 aliphatic heterocycles. The van der Waals surface area contributed by atoms with Gasteiger partial charge in [-0.2, -0.15) is 0 Å². The van der Waals surface area contributed by atoms with E-state index in [1.54, 1.807) is 29.2 Å². The van der Waals surface area contributed by atoms with E-state index in [0.29, 0.717) is 37.6 Å². The van der Waals surface area contributed by atoms with Crippen molar-refractivity contribution in [2.75, 3.05) is 43.5 Å². The van der Waals surface area contributed by atoms with Crippen LogP contribution in [-0.2, 0) is 9.53 Å². The molecule has 0 saturated carbocycles. The largest absolute Gasteiger partial charge is 0.378 e. The van der Waals surface area contributed by atoms with E-state index in [0.717, 1.165) is 16.8 Å². The number of nitrogens with one attached hydrogen (secondary N) is 2. The van der Waals surface area contributed by atoms with Gasteiger partial charge in [0.15, 0.2) is 0 Å². The van der Waals surface area contributed by atoms with Gasteiger partial charge in [0.2, 0.25) is 5.91 Å². The fourth-order valence-electron chi connectivity index (χ4n) is 3.11. The molecule has 0 atom stereocenters. The molecule has 1 saturated heterocycles. The number of nitrogens with zero attached hydrogens (tertiary/aromatic N) is 1. The van der Waals surface area contributed by atoms with Crippen LogP contribution in [0.25, 0.3) is 0 Å². The standard InChI is InChI=1S/C21H25N3O3/c1-15-4-3-5-16(2)20(15)22-14-19(25)23-18-8-6-17(7-9-18)21(26)24-10-12-27-13-11-24/h3-9,22H,10-14H2,1-2H3,(H,23,25). The predicted molar refractivity (Wildman–Crippen MR) is 106 cm³/mol. The van der Waals surface area contributed by atoms with Crippen LogP contribution in [0, 0.1) is 13.8 Å². The van der Waals surface area contributed by atoms with Gasteiger partial charge in [0.05, 0.1) is 19.8 Å². The molecule has 0 aliphatic carbocycles. The van der Waals surface area contributed by atoms with Crippen molar-refractivity contribution >= 4 is 23.2 Å². The van der Waals surface area contributed by atoms with E-state index in [2.05, 4.69) is 10.6 Å². The first-order valence-electron chi connectivity index (χ1n) is 9.11. The van der Waals surface area contributed by atoms with Gasteiger partial charge < -0.3 is 20.3 Å². The van der Waals surface area contributed by atoms with Gasteiger partial charge in [-0.3, -0.25) is 9.59 Å². The van der Waals surface area contributed by atoms with Crippen molar-refractivity contribution in [1.29, 1.82) is 0 Å². The Morgan fingerprint density at radius 3 is 2.26 bits per heavy atom. The van der Waals surface area contributed by atoms with Crippen LogP contribution >= 0.6 is 0 Å². The smallest absolute Gasteiger partial charge is 0.254 e. The molecule has 3 rings (SSSR count). The summed E-state index contributed by atoms with van der Waals surface area (Å²) in [6, 6.07) is 13.0. The first kappa shape index (κ1) is 18.9. The van der Waals surface area contributed by atoms with Gasteiger partial charge in [0.25, 0.3) is 5.91 Å². The Bertz CT molecular complexity index is 792. The molecule has 2 aromatic carbocycles. The number of para-hydroxylation sites is 1. The Morgan fingerprint density at radius 2 is 1.63 bits per heavy atom. The van der Waals surface area contributed by atoms with Gasteiger partial charge >= 0.3 is 0 Å². The molecule has 2 aromatic rings. The Morgan fingerprint density at radius 1 is 1.00 bits per heavy atom. The molecule has 6 heteroatoms. The number of carbonyl (C=O) groups is 2. The summed E-state index contributed by atoms with van der Waals surface area (Å²) in [4.78, 5) is 26.4. The summed E-state index contributed by atoms with van der Waals surface area (Å²) in [5.74, 6) is -0.141. The van der Waals surface area contributed by atoms with E-state index in [1.807, 2.05) is 32.0 Å². The minimum atomic E-state index is -0.134. The summed E-state index contributed by atoms with van der Waals surface area (Å²) in [5, 5.41) is 6.04. The minimum Gasteiger partial charge on any atom is -0.378 e. The topological polar surface area (TPSA) is 70.7 Å². The summed E-state index contributed by atoms with van der Waals surface area (Å²) in [5.41, 5.74) is 4.48. The van der Waals surface area contributed by atoms with E-state index in [1.165, 1.54) is 0 Å². The van der Waals surface area contributed by atoms with E-state index in [4.69, 9.17) is 4.74 Å². The third-order valence-electron chi connectivity index (χ3n) is 4.62. The maximum Gasteiger partial charge on any atom is 0.254 e. The van der Waals surface area contributed by atoms with Gasteiger partial charge in [-0.25, -0.2) is 0 Å². The molecule has 0 bridgehead atoms. The molecule has 0 unspecified atom stereocenters. The zero-order valence-corrected chi connectivity index (χ0v) is 15.7. The normalized spacial score (nSPS) is 13.9. The third kappa shape index (κ3) is 4.86. The number of hydrogen-bond acceptors (Lipinski definition) is 4. The van der Waals surface area contributed by atoms with Gasteiger partial charge in [0.1, 0.15) is 0 Å². The van der Waals surface area contributed by atoms with E-state index in [-0.39, 0.29) is 18.4 Å². The number of morpholine rings is 1. The lowest BCUT2D eigenvalue weighted by Gasteiger charge is -2.26. The molecule has 0 aromatic heterocycles. The van der Waals surface area contributed by atoms with Gasteiger partial charge in [-0.1, -0.05) is 18.2 Å². The van der Waals surface area contributed by atoms with Crippen molar-refractivity contribution in [3.63, 3.8) is 0 Å². The van der Waals surface area contributed by atoms with Crippen LogP contribution in [0.15, 0.2) is 42.5 Å². The van der Waals surface area contributed by atoms with E-state index >= 15 is 0 Å². The number of benzene rings is 2. The van der Waals surface area contributed by atoms with Crippen LogP contribution in [0.5, 0.6) is 0 Å². The maximum atomic E-state index is 12.4. The second-order valence-electron chi connectivity index (χ2n) is 6.65. The Balaban J connectivity index is 1.54. The lowest BCUT2D eigenvalue weighted by atomic mass is 10.1. The fourth-order valence-corrected chi connectivity index (χ4v) is 3.11. The van der Waals surface area contributed by atoms with Gasteiger partial charge in [-0.15, -0.1) is 0 Å². The molecule has 1 aliphatic rings. The average Bonchev–Trinajstić information content (AvgIpc) is 2.68. The van der Waals surface area contributed by atoms with Crippen molar-refractivity contribution in [3.05, 3.63) is 59.2 Å². The van der Waals surface area contributed by atoms with Gasteiger partial charge in [-0.05, 0) is 49.2 Å². The second-order valence-corrected chi connectivity index (χ2v) is 6.65. The third-order valence-corrected chi connectivity index (χ3v) is 4.62. The van der Waals surface area contributed by atoms with Crippen molar-refractivity contribution in [2.45, 2.75) is 13.8 Å².